The van der Waals surface area contributed by atoms with Crippen molar-refractivity contribution in [2.24, 2.45) is 0 Å². The normalized spacial score (nSPS) is 11.1. The molecule has 0 radical (unpaired) electrons. The highest BCUT2D eigenvalue weighted by molar-refractivity contribution is 5.69. The molecule has 0 amide bonds. The van der Waals surface area contributed by atoms with Gasteiger partial charge in [0.1, 0.15) is 5.76 Å². The first-order valence-corrected chi connectivity index (χ1v) is 5.96. The Hall–Kier alpha value is -1.36. The van der Waals surface area contributed by atoms with E-state index in [0.29, 0.717) is 6.54 Å². The molecule has 0 saturated carbocycles. The summed E-state index contributed by atoms with van der Waals surface area (Å²) in [6.07, 6.45) is 1.73. The third kappa shape index (κ3) is 3.85. The fourth-order valence-electron chi connectivity index (χ4n) is 1.86. The molecule has 5 heteroatoms. The van der Waals surface area contributed by atoms with Crippen LogP contribution in [-0.4, -0.2) is 34.2 Å². The minimum Gasteiger partial charge on any atom is -0.480 e. The van der Waals surface area contributed by atoms with Crippen molar-refractivity contribution >= 4 is 5.97 Å². The number of carboxylic acid groups (broad SMARTS) is 1. The summed E-state index contributed by atoms with van der Waals surface area (Å²) in [6.45, 7) is 7.34. The molecule has 0 saturated heterocycles. The van der Waals surface area contributed by atoms with Gasteiger partial charge in [0, 0.05) is 12.1 Å². The van der Waals surface area contributed by atoms with Gasteiger partial charge in [0.2, 0.25) is 0 Å². The summed E-state index contributed by atoms with van der Waals surface area (Å²) in [5.41, 5.74) is 1.95. The van der Waals surface area contributed by atoms with E-state index < -0.39 is 5.97 Å². The van der Waals surface area contributed by atoms with E-state index in [0.717, 1.165) is 36.4 Å². The van der Waals surface area contributed by atoms with Crippen LogP contribution in [0.2, 0.25) is 0 Å². The maximum atomic E-state index is 10.8. The van der Waals surface area contributed by atoms with Gasteiger partial charge in [-0.05, 0) is 26.3 Å². The van der Waals surface area contributed by atoms with E-state index in [2.05, 4.69) is 5.16 Å². The summed E-state index contributed by atoms with van der Waals surface area (Å²) in [5.74, 6) is -0.0149. The summed E-state index contributed by atoms with van der Waals surface area (Å²) in [6, 6.07) is 0. The van der Waals surface area contributed by atoms with E-state index in [1.54, 1.807) is 0 Å². The van der Waals surface area contributed by atoms with E-state index in [9.17, 15) is 4.79 Å². The Kier molecular flexibility index (Phi) is 5.15. The molecule has 1 aromatic heterocycles. The molecule has 0 aliphatic heterocycles. The monoisotopic (exact) mass is 240 g/mol. The zero-order valence-corrected chi connectivity index (χ0v) is 10.7. The number of rotatable bonds is 7. The molecule has 0 aromatic carbocycles. The highest BCUT2D eigenvalue weighted by atomic mass is 16.5. The molecule has 17 heavy (non-hydrogen) atoms. The van der Waals surface area contributed by atoms with Crippen molar-refractivity contribution in [1.29, 1.82) is 0 Å². The Bertz CT molecular complexity index is 374. The largest absolute Gasteiger partial charge is 0.480 e. The number of nitrogens with zero attached hydrogens (tertiary/aromatic N) is 2. The van der Waals surface area contributed by atoms with Gasteiger partial charge in [-0.2, -0.15) is 0 Å². The lowest BCUT2D eigenvalue weighted by Crippen LogP contribution is -2.30. The third-order valence-corrected chi connectivity index (χ3v) is 2.68. The Morgan fingerprint density at radius 3 is 2.71 bits per heavy atom. The standard InChI is InChI=1S/C12H20N2O3/c1-4-6-14(8-12(15)16)7-10-9(3)17-13-11(10)5-2/h4-8H2,1-3H3,(H,15,16). The second kappa shape index (κ2) is 6.39. The highest BCUT2D eigenvalue weighted by Gasteiger charge is 2.16. The number of hydrogen-bond donors (Lipinski definition) is 1. The maximum Gasteiger partial charge on any atom is 0.317 e. The van der Waals surface area contributed by atoms with Crippen LogP contribution in [-0.2, 0) is 17.8 Å². The van der Waals surface area contributed by atoms with Crippen molar-refractivity contribution in [1.82, 2.24) is 10.1 Å². The van der Waals surface area contributed by atoms with Crippen LogP contribution in [0.4, 0.5) is 0 Å². The number of aryl methyl sites for hydroxylation is 2. The van der Waals surface area contributed by atoms with Crippen LogP contribution in [0.5, 0.6) is 0 Å². The van der Waals surface area contributed by atoms with Crippen molar-refractivity contribution < 1.29 is 14.4 Å². The predicted octanol–water partition coefficient (Wildman–Crippen LogP) is 1.84. The van der Waals surface area contributed by atoms with Gasteiger partial charge in [0.25, 0.3) is 0 Å². The molecular weight excluding hydrogens is 220 g/mol. The second-order valence-corrected chi connectivity index (χ2v) is 4.12. The van der Waals surface area contributed by atoms with Crippen LogP contribution in [0.3, 0.4) is 0 Å². The molecule has 5 nitrogen and oxygen atoms in total. The predicted molar refractivity (Wildman–Crippen MR) is 63.8 cm³/mol. The minimum absolute atomic E-state index is 0.0572. The summed E-state index contributed by atoms with van der Waals surface area (Å²) in [5, 5.41) is 12.8. The molecule has 0 bridgehead atoms. The van der Waals surface area contributed by atoms with Crippen LogP contribution in [0, 0.1) is 6.92 Å². The van der Waals surface area contributed by atoms with E-state index in [1.807, 2.05) is 25.7 Å². The summed E-state index contributed by atoms with van der Waals surface area (Å²) >= 11 is 0. The molecule has 0 unspecified atom stereocenters. The van der Waals surface area contributed by atoms with Gasteiger partial charge in [0.05, 0.1) is 12.2 Å². The molecule has 0 spiro atoms. The average molecular weight is 240 g/mol. The van der Waals surface area contributed by atoms with Crippen LogP contribution in [0.1, 0.15) is 37.3 Å². The van der Waals surface area contributed by atoms with E-state index in [4.69, 9.17) is 9.63 Å². The van der Waals surface area contributed by atoms with Crippen molar-refractivity contribution in [2.45, 2.75) is 40.2 Å². The fourth-order valence-corrected chi connectivity index (χ4v) is 1.86. The first-order valence-electron chi connectivity index (χ1n) is 5.96. The van der Waals surface area contributed by atoms with Gasteiger partial charge in [-0.1, -0.05) is 19.0 Å². The molecule has 0 atom stereocenters. The van der Waals surface area contributed by atoms with Gasteiger partial charge in [-0.25, -0.2) is 0 Å². The first kappa shape index (κ1) is 13.7. The molecule has 1 rings (SSSR count). The Morgan fingerprint density at radius 2 is 2.18 bits per heavy atom. The number of aliphatic carboxylic acids is 1. The zero-order valence-electron chi connectivity index (χ0n) is 10.7. The van der Waals surface area contributed by atoms with E-state index in [-0.39, 0.29) is 6.54 Å². The van der Waals surface area contributed by atoms with Gasteiger partial charge < -0.3 is 9.63 Å². The smallest absolute Gasteiger partial charge is 0.317 e. The molecule has 1 heterocycles. The van der Waals surface area contributed by atoms with Crippen LogP contribution in [0.25, 0.3) is 0 Å². The SMILES string of the molecule is CCCN(CC(=O)O)Cc1c(CC)noc1C. The quantitative estimate of drug-likeness (QED) is 0.787. The molecule has 0 aliphatic carbocycles. The lowest BCUT2D eigenvalue weighted by Gasteiger charge is -2.19. The zero-order chi connectivity index (χ0) is 12.8. The molecule has 96 valence electrons. The van der Waals surface area contributed by atoms with Crippen LogP contribution in [0.15, 0.2) is 4.52 Å². The van der Waals surface area contributed by atoms with E-state index >= 15 is 0 Å². The summed E-state index contributed by atoms with van der Waals surface area (Å²) in [7, 11) is 0. The Balaban J connectivity index is 2.77. The summed E-state index contributed by atoms with van der Waals surface area (Å²) < 4.78 is 5.15. The topological polar surface area (TPSA) is 66.6 Å². The summed E-state index contributed by atoms with van der Waals surface area (Å²) in [4.78, 5) is 12.7. The molecule has 0 aliphatic rings. The Morgan fingerprint density at radius 1 is 1.47 bits per heavy atom. The van der Waals surface area contributed by atoms with Crippen molar-refractivity contribution in [3.8, 4) is 0 Å². The lowest BCUT2D eigenvalue weighted by molar-refractivity contribution is -0.138. The molecule has 0 fully saturated rings. The maximum absolute atomic E-state index is 10.8. The lowest BCUT2D eigenvalue weighted by atomic mass is 10.1. The fraction of sp³-hybridized carbons (Fsp3) is 0.667. The van der Waals surface area contributed by atoms with Crippen molar-refractivity contribution in [3.05, 3.63) is 17.0 Å². The molecular formula is C12H20N2O3. The molecule has 1 aromatic rings. The highest BCUT2D eigenvalue weighted by Crippen LogP contribution is 2.16. The number of carboxylic acids is 1. The molecule has 1 N–H and O–H groups in total. The third-order valence-electron chi connectivity index (χ3n) is 2.68. The average Bonchev–Trinajstić information content (AvgIpc) is 2.59. The van der Waals surface area contributed by atoms with E-state index in [1.165, 1.54) is 0 Å². The first-order chi connectivity index (χ1) is 8.08. The minimum atomic E-state index is -0.800. The second-order valence-electron chi connectivity index (χ2n) is 4.12. The van der Waals surface area contributed by atoms with Crippen LogP contribution < -0.4 is 0 Å². The number of carbonyl (C=O) groups is 1. The number of aromatic nitrogens is 1. The van der Waals surface area contributed by atoms with Gasteiger partial charge >= 0.3 is 5.97 Å². The van der Waals surface area contributed by atoms with Crippen molar-refractivity contribution in [3.63, 3.8) is 0 Å². The van der Waals surface area contributed by atoms with Gasteiger partial charge in [-0.3, -0.25) is 9.69 Å². The van der Waals surface area contributed by atoms with Gasteiger partial charge in [-0.15, -0.1) is 0 Å². The number of hydrogen-bond acceptors (Lipinski definition) is 4. The Labute approximate surface area is 101 Å². The van der Waals surface area contributed by atoms with Crippen molar-refractivity contribution in [2.75, 3.05) is 13.1 Å². The van der Waals surface area contributed by atoms with Gasteiger partial charge in [0.15, 0.2) is 0 Å². The van der Waals surface area contributed by atoms with Crippen LogP contribution >= 0.6 is 0 Å².